The van der Waals surface area contributed by atoms with Crippen LogP contribution < -0.4 is 4.74 Å². The van der Waals surface area contributed by atoms with E-state index in [0.29, 0.717) is 18.7 Å². The maximum absolute atomic E-state index is 12.6. The fraction of sp³-hybridized carbons (Fsp3) is 0.316. The van der Waals surface area contributed by atoms with E-state index in [1.54, 1.807) is 17.0 Å². The average Bonchev–Trinajstić information content (AvgIpc) is 2.89. The zero-order valence-electron chi connectivity index (χ0n) is 15.3. The molecule has 0 saturated carbocycles. The lowest BCUT2D eigenvalue weighted by Crippen LogP contribution is -2.41. The Balaban J connectivity index is 2.22. The minimum atomic E-state index is -0.532. The predicted octanol–water partition coefficient (Wildman–Crippen LogP) is 3.91. The number of thioether (sulfide) groups is 1. The molecule has 0 atom stereocenters. The Morgan fingerprint density at radius 2 is 1.89 bits per heavy atom. The van der Waals surface area contributed by atoms with Crippen LogP contribution in [0.2, 0.25) is 10.0 Å². The maximum Gasteiger partial charge on any atom is 0.294 e. The molecule has 1 saturated heterocycles. The largest absolute Gasteiger partial charge is 0.478 e. The summed E-state index contributed by atoms with van der Waals surface area (Å²) in [6.45, 7) is 4.40. The van der Waals surface area contributed by atoms with Crippen LogP contribution in [0.15, 0.2) is 17.0 Å². The van der Waals surface area contributed by atoms with E-state index in [0.717, 1.165) is 16.7 Å². The fourth-order valence-corrected chi connectivity index (χ4v) is 3.97. The number of terminal acetylenes is 1. The summed E-state index contributed by atoms with van der Waals surface area (Å²) in [5.74, 6) is 1.75. The van der Waals surface area contributed by atoms with Crippen molar-refractivity contribution < 1.29 is 19.1 Å². The minimum Gasteiger partial charge on any atom is -0.478 e. The van der Waals surface area contributed by atoms with Crippen molar-refractivity contribution in [2.75, 3.05) is 26.2 Å². The summed E-state index contributed by atoms with van der Waals surface area (Å²) >= 11 is 13.1. The van der Waals surface area contributed by atoms with Crippen LogP contribution >= 0.6 is 35.0 Å². The van der Waals surface area contributed by atoms with Gasteiger partial charge >= 0.3 is 0 Å². The van der Waals surface area contributed by atoms with Gasteiger partial charge in [0.2, 0.25) is 5.91 Å². The molecule has 0 N–H and O–H groups in total. The second kappa shape index (κ2) is 9.87. The molecule has 1 aliphatic rings. The lowest BCUT2D eigenvalue weighted by atomic mass is 10.2. The molecule has 3 amide bonds. The first kappa shape index (κ1) is 22.2. The van der Waals surface area contributed by atoms with Crippen molar-refractivity contribution in [2.24, 2.45) is 0 Å². The molecular weight excluding hydrogens is 423 g/mol. The average molecular weight is 441 g/mol. The van der Waals surface area contributed by atoms with Crippen LogP contribution in [0.5, 0.6) is 5.75 Å². The molecule has 148 valence electrons. The fourth-order valence-electron chi connectivity index (χ4n) is 2.51. The number of likely N-dealkylation sites (N-methyl/N-ethyl adjacent to an activating group) is 1. The molecule has 0 aliphatic carbocycles. The molecule has 0 bridgehead atoms. The van der Waals surface area contributed by atoms with Crippen LogP contribution in [-0.2, 0) is 9.59 Å². The zero-order valence-corrected chi connectivity index (χ0v) is 17.7. The molecule has 1 fully saturated rings. The van der Waals surface area contributed by atoms with E-state index in [4.69, 9.17) is 34.4 Å². The third-order valence-corrected chi connectivity index (χ3v) is 5.37. The lowest BCUT2D eigenvalue weighted by molar-refractivity contribution is -0.135. The van der Waals surface area contributed by atoms with Gasteiger partial charge in [0.1, 0.15) is 13.2 Å². The molecule has 9 heteroatoms. The number of ether oxygens (including phenoxy) is 1. The maximum atomic E-state index is 12.6. The number of carbonyl (C=O) groups excluding carboxylic acids is 3. The van der Waals surface area contributed by atoms with E-state index in [1.165, 1.54) is 6.08 Å². The molecule has 1 aromatic rings. The Bertz CT molecular complexity index is 852. The second-order valence-electron chi connectivity index (χ2n) is 5.64. The smallest absolute Gasteiger partial charge is 0.294 e. The Kier molecular flexibility index (Phi) is 7.81. The Morgan fingerprint density at radius 3 is 2.43 bits per heavy atom. The van der Waals surface area contributed by atoms with Crippen LogP contribution in [0.4, 0.5) is 4.79 Å². The molecular formula is C19H18Cl2N2O4S. The van der Waals surface area contributed by atoms with Crippen molar-refractivity contribution in [3.05, 3.63) is 32.6 Å². The van der Waals surface area contributed by atoms with Gasteiger partial charge in [0.15, 0.2) is 5.75 Å². The van der Waals surface area contributed by atoms with Gasteiger partial charge in [-0.3, -0.25) is 19.3 Å². The van der Waals surface area contributed by atoms with Crippen molar-refractivity contribution >= 4 is 58.1 Å². The summed E-state index contributed by atoms with van der Waals surface area (Å²) < 4.78 is 5.29. The summed E-state index contributed by atoms with van der Waals surface area (Å²) in [6.07, 6.45) is 6.65. The van der Waals surface area contributed by atoms with Crippen molar-refractivity contribution in [3.8, 4) is 18.1 Å². The number of hydrogen-bond donors (Lipinski definition) is 0. The monoisotopic (exact) mass is 440 g/mol. The highest BCUT2D eigenvalue weighted by molar-refractivity contribution is 8.18. The number of nitrogens with zero attached hydrogens (tertiary/aromatic N) is 2. The van der Waals surface area contributed by atoms with Crippen molar-refractivity contribution in [1.82, 2.24) is 9.80 Å². The second-order valence-corrected chi connectivity index (χ2v) is 7.45. The van der Waals surface area contributed by atoms with Gasteiger partial charge < -0.3 is 9.64 Å². The molecule has 6 nitrogen and oxygen atoms in total. The minimum absolute atomic E-state index is 0.0121. The Labute approximate surface area is 177 Å². The number of imide groups is 1. The summed E-state index contributed by atoms with van der Waals surface area (Å²) in [7, 11) is 0. The van der Waals surface area contributed by atoms with Crippen molar-refractivity contribution in [2.45, 2.75) is 13.8 Å². The number of benzene rings is 1. The zero-order chi connectivity index (χ0) is 20.8. The first-order valence-electron chi connectivity index (χ1n) is 8.40. The molecule has 0 spiro atoms. The molecule has 2 rings (SSSR count). The first-order valence-corrected chi connectivity index (χ1v) is 9.98. The third kappa shape index (κ3) is 5.02. The number of hydrogen-bond acceptors (Lipinski definition) is 5. The van der Waals surface area contributed by atoms with E-state index in [-0.39, 0.29) is 39.8 Å². The number of carbonyl (C=O) groups is 3. The highest BCUT2D eigenvalue weighted by Gasteiger charge is 2.36. The Hall–Kier alpha value is -2.14. The summed E-state index contributed by atoms with van der Waals surface area (Å²) in [4.78, 5) is 39.7. The SMILES string of the molecule is C#CCOc1c(Cl)cc(/C=C2\SC(=O)N(CC(=O)N(CC)CC)C2=O)cc1Cl. The summed E-state index contributed by atoms with van der Waals surface area (Å²) in [5.41, 5.74) is 0.517. The standard InChI is InChI=1S/C19H18Cl2N2O4S/c1-4-7-27-17-13(20)8-12(9-14(17)21)10-15-18(25)23(19(26)28-15)11-16(24)22(5-2)6-3/h1,8-10H,5-7,11H2,2-3H3/b15-10-. The van der Waals surface area contributed by atoms with Gasteiger partial charge in [-0.15, -0.1) is 6.42 Å². The van der Waals surface area contributed by atoms with E-state index < -0.39 is 11.1 Å². The van der Waals surface area contributed by atoms with E-state index in [9.17, 15) is 14.4 Å². The molecule has 1 heterocycles. The Morgan fingerprint density at radius 1 is 1.29 bits per heavy atom. The first-order chi connectivity index (χ1) is 13.3. The summed E-state index contributed by atoms with van der Waals surface area (Å²) in [6, 6.07) is 3.10. The number of rotatable bonds is 7. The van der Waals surface area contributed by atoms with Gasteiger partial charge in [-0.25, -0.2) is 0 Å². The van der Waals surface area contributed by atoms with Crippen LogP contribution in [0.3, 0.4) is 0 Å². The molecule has 1 aromatic carbocycles. The predicted molar refractivity (Wildman–Crippen MR) is 111 cm³/mol. The lowest BCUT2D eigenvalue weighted by Gasteiger charge is -2.21. The highest BCUT2D eigenvalue weighted by atomic mass is 35.5. The van der Waals surface area contributed by atoms with Crippen LogP contribution in [-0.4, -0.2) is 53.1 Å². The van der Waals surface area contributed by atoms with E-state index in [1.807, 2.05) is 13.8 Å². The van der Waals surface area contributed by atoms with Crippen LogP contribution in [0.25, 0.3) is 6.08 Å². The normalized spacial score (nSPS) is 15.1. The summed E-state index contributed by atoms with van der Waals surface area (Å²) in [5, 5.41) is -0.0437. The quantitative estimate of drug-likeness (QED) is 0.474. The van der Waals surface area contributed by atoms with Gasteiger partial charge in [-0.2, -0.15) is 0 Å². The van der Waals surface area contributed by atoms with Gasteiger partial charge in [0, 0.05) is 13.1 Å². The van der Waals surface area contributed by atoms with Gasteiger partial charge in [-0.05, 0) is 49.4 Å². The molecule has 0 radical (unpaired) electrons. The van der Waals surface area contributed by atoms with Gasteiger partial charge in [-0.1, -0.05) is 29.1 Å². The topological polar surface area (TPSA) is 66.9 Å². The molecule has 0 aromatic heterocycles. The highest BCUT2D eigenvalue weighted by Crippen LogP contribution is 2.37. The van der Waals surface area contributed by atoms with Crippen LogP contribution in [0, 0.1) is 12.3 Å². The van der Waals surface area contributed by atoms with E-state index in [2.05, 4.69) is 5.92 Å². The number of halogens is 2. The third-order valence-electron chi connectivity index (χ3n) is 3.90. The number of amides is 3. The van der Waals surface area contributed by atoms with Crippen LogP contribution in [0.1, 0.15) is 19.4 Å². The molecule has 28 heavy (non-hydrogen) atoms. The van der Waals surface area contributed by atoms with Crippen molar-refractivity contribution in [1.29, 1.82) is 0 Å². The van der Waals surface area contributed by atoms with Gasteiger partial charge in [0.25, 0.3) is 11.1 Å². The van der Waals surface area contributed by atoms with Gasteiger partial charge in [0.05, 0.1) is 15.0 Å². The molecule has 0 unspecified atom stereocenters. The molecule has 1 aliphatic heterocycles. The van der Waals surface area contributed by atoms with E-state index >= 15 is 0 Å². The van der Waals surface area contributed by atoms with Crippen molar-refractivity contribution in [3.63, 3.8) is 0 Å².